The number of ether oxygens (including phenoxy) is 2. The van der Waals surface area contributed by atoms with Gasteiger partial charge in [-0.25, -0.2) is 0 Å². The number of amides is 1. The van der Waals surface area contributed by atoms with Crippen molar-refractivity contribution in [2.75, 3.05) is 40.9 Å². The van der Waals surface area contributed by atoms with Crippen LogP contribution in [0.1, 0.15) is 30.5 Å². The van der Waals surface area contributed by atoms with Gasteiger partial charge in [-0.05, 0) is 63.8 Å². The van der Waals surface area contributed by atoms with Gasteiger partial charge in [0.2, 0.25) is 0 Å². The van der Waals surface area contributed by atoms with E-state index in [9.17, 15) is 14.7 Å². The average Bonchev–Trinajstić information content (AvgIpc) is 3.04. The van der Waals surface area contributed by atoms with Gasteiger partial charge < -0.3 is 24.4 Å². The summed E-state index contributed by atoms with van der Waals surface area (Å²) in [5.74, 6) is -0.330. The molecule has 1 amide bonds. The summed E-state index contributed by atoms with van der Waals surface area (Å²) in [6.07, 6.45) is 0.695. The van der Waals surface area contributed by atoms with Crippen molar-refractivity contribution in [1.29, 1.82) is 0 Å². The van der Waals surface area contributed by atoms with E-state index in [1.54, 1.807) is 48.4 Å². The summed E-state index contributed by atoms with van der Waals surface area (Å²) in [4.78, 5) is 29.7. The number of carbonyl (C=O) groups excluding carboxylic acids is 2. The third kappa shape index (κ3) is 4.94. The first kappa shape index (κ1) is 23.3. The zero-order valence-corrected chi connectivity index (χ0v) is 19.0. The van der Waals surface area contributed by atoms with Crippen LogP contribution >= 0.6 is 0 Å². The minimum atomic E-state index is -0.706. The van der Waals surface area contributed by atoms with E-state index in [2.05, 4.69) is 0 Å². The second-order valence-corrected chi connectivity index (χ2v) is 7.89. The van der Waals surface area contributed by atoms with Crippen molar-refractivity contribution < 1.29 is 24.2 Å². The maximum absolute atomic E-state index is 13.1. The molecule has 1 heterocycles. The fraction of sp³-hybridized carbons (Fsp3) is 0.360. The molecular formula is C25H30N2O5. The summed E-state index contributed by atoms with van der Waals surface area (Å²) in [5, 5.41) is 11.2. The molecule has 2 aromatic rings. The molecule has 7 heteroatoms. The first-order chi connectivity index (χ1) is 15.4. The fourth-order valence-corrected chi connectivity index (χ4v) is 3.88. The van der Waals surface area contributed by atoms with Gasteiger partial charge in [0.1, 0.15) is 17.3 Å². The van der Waals surface area contributed by atoms with Crippen LogP contribution in [0.15, 0.2) is 54.1 Å². The SMILES string of the molecule is CCOc1cccc(/C(O)=C2\C(=O)C(=O)N(CCCN(C)C)C2c2cccc(OC)c2)c1. The van der Waals surface area contributed by atoms with Crippen LogP contribution in [-0.4, -0.2) is 67.5 Å². The largest absolute Gasteiger partial charge is 0.507 e. The maximum Gasteiger partial charge on any atom is 0.295 e. The van der Waals surface area contributed by atoms with E-state index in [-0.39, 0.29) is 11.3 Å². The summed E-state index contributed by atoms with van der Waals surface area (Å²) in [7, 11) is 5.48. The third-order valence-electron chi connectivity index (χ3n) is 5.37. The Labute approximate surface area is 188 Å². The van der Waals surface area contributed by atoms with Crippen molar-refractivity contribution in [2.45, 2.75) is 19.4 Å². The standard InChI is InChI=1S/C25H30N2O5/c1-5-32-20-12-7-10-18(16-20)23(28)21-22(17-9-6-11-19(15-17)31-4)27(25(30)24(21)29)14-8-13-26(2)3/h6-7,9-12,15-16,22,28H,5,8,13-14H2,1-4H3/b23-21+. The number of aliphatic hydroxyl groups is 1. The highest BCUT2D eigenvalue weighted by atomic mass is 16.5. The molecule has 1 fully saturated rings. The molecule has 0 radical (unpaired) electrons. The highest BCUT2D eigenvalue weighted by Crippen LogP contribution is 2.40. The number of carbonyl (C=O) groups is 2. The molecule has 1 atom stereocenters. The zero-order chi connectivity index (χ0) is 23.3. The summed E-state index contributed by atoms with van der Waals surface area (Å²) in [6.45, 7) is 3.50. The van der Waals surface area contributed by atoms with E-state index in [0.717, 1.165) is 6.54 Å². The molecular weight excluding hydrogens is 408 g/mol. The van der Waals surface area contributed by atoms with E-state index in [1.807, 2.05) is 38.1 Å². The quantitative estimate of drug-likeness (QED) is 0.367. The summed E-state index contributed by atoms with van der Waals surface area (Å²) < 4.78 is 10.9. The lowest BCUT2D eigenvalue weighted by Gasteiger charge is -2.26. The van der Waals surface area contributed by atoms with Gasteiger partial charge in [-0.2, -0.15) is 0 Å². The Morgan fingerprint density at radius 2 is 1.81 bits per heavy atom. The Kier molecular flexibility index (Phi) is 7.53. The van der Waals surface area contributed by atoms with Crippen LogP contribution in [0.2, 0.25) is 0 Å². The molecule has 1 unspecified atom stereocenters. The monoisotopic (exact) mass is 438 g/mol. The molecule has 32 heavy (non-hydrogen) atoms. The molecule has 1 N–H and O–H groups in total. The number of hydrogen-bond acceptors (Lipinski definition) is 6. The molecule has 170 valence electrons. The number of methoxy groups -OCH3 is 1. The average molecular weight is 439 g/mol. The summed E-state index contributed by atoms with van der Waals surface area (Å²) in [5.41, 5.74) is 1.20. The van der Waals surface area contributed by atoms with E-state index in [4.69, 9.17) is 9.47 Å². The number of benzene rings is 2. The van der Waals surface area contributed by atoms with Crippen molar-refractivity contribution in [1.82, 2.24) is 9.80 Å². The number of aliphatic hydroxyl groups excluding tert-OH is 1. The van der Waals surface area contributed by atoms with Crippen LogP contribution in [0.4, 0.5) is 0 Å². The van der Waals surface area contributed by atoms with Gasteiger partial charge in [-0.15, -0.1) is 0 Å². The lowest BCUT2D eigenvalue weighted by atomic mass is 9.95. The van der Waals surface area contributed by atoms with Gasteiger partial charge in [0.05, 0.1) is 25.3 Å². The molecule has 0 saturated carbocycles. The minimum Gasteiger partial charge on any atom is -0.507 e. The summed E-state index contributed by atoms with van der Waals surface area (Å²) >= 11 is 0. The van der Waals surface area contributed by atoms with Crippen LogP contribution in [-0.2, 0) is 9.59 Å². The van der Waals surface area contributed by atoms with Crippen molar-refractivity contribution in [3.05, 3.63) is 65.2 Å². The Morgan fingerprint density at radius 1 is 1.09 bits per heavy atom. The van der Waals surface area contributed by atoms with E-state index in [0.29, 0.717) is 42.2 Å². The number of likely N-dealkylation sites (tertiary alicyclic amines) is 1. The Balaban J connectivity index is 2.10. The number of ketones is 1. The predicted octanol–water partition coefficient (Wildman–Crippen LogP) is 3.47. The predicted molar refractivity (Wildman–Crippen MR) is 123 cm³/mol. The van der Waals surface area contributed by atoms with Crippen LogP contribution in [0.5, 0.6) is 11.5 Å². The first-order valence-corrected chi connectivity index (χ1v) is 10.7. The number of nitrogens with zero attached hydrogens (tertiary/aromatic N) is 2. The lowest BCUT2D eigenvalue weighted by molar-refractivity contribution is -0.139. The number of hydrogen-bond donors (Lipinski definition) is 1. The molecule has 7 nitrogen and oxygen atoms in total. The first-order valence-electron chi connectivity index (χ1n) is 10.7. The van der Waals surface area contributed by atoms with Crippen molar-refractivity contribution in [3.8, 4) is 11.5 Å². The number of rotatable bonds is 9. The summed E-state index contributed by atoms with van der Waals surface area (Å²) in [6, 6.07) is 13.4. The molecule has 2 aromatic carbocycles. The molecule has 0 spiro atoms. The van der Waals surface area contributed by atoms with Gasteiger partial charge >= 0.3 is 0 Å². The molecule has 1 saturated heterocycles. The lowest BCUT2D eigenvalue weighted by Crippen LogP contribution is -2.32. The third-order valence-corrected chi connectivity index (χ3v) is 5.37. The highest BCUT2D eigenvalue weighted by Gasteiger charge is 2.45. The van der Waals surface area contributed by atoms with Crippen LogP contribution in [0, 0.1) is 0 Å². The maximum atomic E-state index is 13.1. The van der Waals surface area contributed by atoms with Crippen molar-refractivity contribution in [2.24, 2.45) is 0 Å². The van der Waals surface area contributed by atoms with Gasteiger partial charge in [-0.3, -0.25) is 9.59 Å². The molecule has 3 rings (SSSR count). The smallest absolute Gasteiger partial charge is 0.295 e. The van der Waals surface area contributed by atoms with E-state index in [1.165, 1.54) is 0 Å². The normalized spacial score (nSPS) is 17.8. The second kappa shape index (κ2) is 10.3. The van der Waals surface area contributed by atoms with Crippen molar-refractivity contribution in [3.63, 3.8) is 0 Å². The Hall–Kier alpha value is -3.32. The molecule has 1 aliphatic rings. The Bertz CT molecular complexity index is 1010. The van der Waals surface area contributed by atoms with Gasteiger partial charge in [0, 0.05) is 12.1 Å². The van der Waals surface area contributed by atoms with E-state index < -0.39 is 17.7 Å². The molecule has 0 aromatic heterocycles. The molecule has 0 bridgehead atoms. The van der Waals surface area contributed by atoms with Crippen LogP contribution in [0.3, 0.4) is 0 Å². The molecule has 1 aliphatic heterocycles. The van der Waals surface area contributed by atoms with Crippen LogP contribution < -0.4 is 9.47 Å². The Morgan fingerprint density at radius 3 is 2.50 bits per heavy atom. The topological polar surface area (TPSA) is 79.3 Å². The zero-order valence-electron chi connectivity index (χ0n) is 19.0. The minimum absolute atomic E-state index is 0.0711. The van der Waals surface area contributed by atoms with Gasteiger partial charge in [0.25, 0.3) is 11.7 Å². The molecule has 0 aliphatic carbocycles. The second-order valence-electron chi connectivity index (χ2n) is 7.89. The van der Waals surface area contributed by atoms with Crippen molar-refractivity contribution >= 4 is 17.4 Å². The van der Waals surface area contributed by atoms with Crippen LogP contribution in [0.25, 0.3) is 5.76 Å². The van der Waals surface area contributed by atoms with Gasteiger partial charge in [0.15, 0.2) is 0 Å². The highest BCUT2D eigenvalue weighted by molar-refractivity contribution is 6.46. The fourth-order valence-electron chi connectivity index (χ4n) is 3.88. The number of Topliss-reactive ketones (excluding diaryl/α,β-unsaturated/α-hetero) is 1. The van der Waals surface area contributed by atoms with E-state index >= 15 is 0 Å². The van der Waals surface area contributed by atoms with Gasteiger partial charge in [-0.1, -0.05) is 24.3 Å².